The van der Waals surface area contributed by atoms with Crippen molar-refractivity contribution in [1.29, 1.82) is 0 Å². The van der Waals surface area contributed by atoms with Gasteiger partial charge in [0.05, 0.1) is 25.4 Å². The molecule has 1 aliphatic carbocycles. The van der Waals surface area contributed by atoms with E-state index in [0.29, 0.717) is 12.2 Å². The van der Waals surface area contributed by atoms with E-state index in [1.165, 1.54) is 0 Å². The maximum atomic E-state index is 14.3. The van der Waals surface area contributed by atoms with E-state index in [4.69, 9.17) is 9.47 Å². The van der Waals surface area contributed by atoms with Crippen molar-refractivity contribution < 1.29 is 38.9 Å². The van der Waals surface area contributed by atoms with Crippen molar-refractivity contribution in [3.8, 4) is 5.75 Å². The monoisotopic (exact) mass is 787 g/mol. The lowest BCUT2D eigenvalue weighted by molar-refractivity contribution is -0.134. The summed E-state index contributed by atoms with van der Waals surface area (Å²) in [5.74, 6) is -1.69. The summed E-state index contributed by atoms with van der Waals surface area (Å²) >= 11 is 0. The topological polar surface area (TPSA) is 187 Å². The highest BCUT2D eigenvalue weighted by atomic mass is 16.5. The lowest BCUT2D eigenvalue weighted by Crippen LogP contribution is -2.63. The van der Waals surface area contributed by atoms with Gasteiger partial charge in [0.15, 0.2) is 0 Å². The number of amides is 4. The Morgan fingerprint density at radius 2 is 1.28 bits per heavy atom. The van der Waals surface area contributed by atoms with Crippen molar-refractivity contribution >= 4 is 23.8 Å². The summed E-state index contributed by atoms with van der Waals surface area (Å²) in [6, 6.07) is 21.3. The van der Waals surface area contributed by atoms with E-state index in [-0.39, 0.29) is 43.9 Å². The third-order valence-electron chi connectivity index (χ3n) is 10.4. The molecular weight excluding hydrogens is 727 g/mol. The summed E-state index contributed by atoms with van der Waals surface area (Å²) in [6.07, 6.45) is 0.788. The Labute approximate surface area is 336 Å². The molecule has 13 nitrogen and oxygen atoms in total. The van der Waals surface area contributed by atoms with E-state index < -0.39 is 60.2 Å². The van der Waals surface area contributed by atoms with Crippen LogP contribution in [0.2, 0.25) is 0 Å². The Morgan fingerprint density at radius 1 is 0.702 bits per heavy atom. The van der Waals surface area contributed by atoms with E-state index in [2.05, 4.69) is 26.6 Å². The van der Waals surface area contributed by atoms with Crippen molar-refractivity contribution in [1.82, 2.24) is 26.6 Å². The molecule has 0 aromatic heterocycles. The second-order valence-corrected chi connectivity index (χ2v) is 15.5. The Kier molecular flexibility index (Phi) is 17.8. The Hall–Kier alpha value is -4.98. The molecule has 1 saturated carbocycles. The number of carbonyl (C=O) groups excluding carboxylic acids is 4. The highest BCUT2D eigenvalue weighted by Gasteiger charge is 2.38. The fourth-order valence-electron chi connectivity index (χ4n) is 6.94. The zero-order chi connectivity index (χ0) is 41.3. The first-order chi connectivity index (χ1) is 27.4. The molecule has 0 radical (unpaired) electrons. The summed E-state index contributed by atoms with van der Waals surface area (Å²) in [4.78, 5) is 54.8. The van der Waals surface area contributed by atoms with Crippen LogP contribution in [0.15, 0.2) is 84.9 Å². The molecule has 0 heterocycles. The maximum Gasteiger partial charge on any atom is 0.408 e. The van der Waals surface area contributed by atoms with Gasteiger partial charge in [-0.2, -0.15) is 0 Å². The van der Waals surface area contributed by atoms with Gasteiger partial charge in [-0.25, -0.2) is 4.79 Å². The van der Waals surface area contributed by atoms with E-state index in [0.717, 1.165) is 36.0 Å². The lowest BCUT2D eigenvalue weighted by atomic mass is 9.86. The number of aliphatic hydroxyl groups is 2. The summed E-state index contributed by atoms with van der Waals surface area (Å²) in [6.45, 7) is 7.66. The van der Waals surface area contributed by atoms with Gasteiger partial charge in [0, 0.05) is 19.0 Å². The first-order valence-corrected chi connectivity index (χ1v) is 20.0. The van der Waals surface area contributed by atoms with Gasteiger partial charge in [0.25, 0.3) is 0 Å². The van der Waals surface area contributed by atoms with Crippen LogP contribution in [0, 0.1) is 17.8 Å². The predicted octanol–water partition coefficient (Wildman–Crippen LogP) is 4.00. The van der Waals surface area contributed by atoms with Gasteiger partial charge < -0.3 is 41.0 Å². The minimum absolute atomic E-state index is 0.0169. The molecule has 7 N–H and O–H groups in total. The molecule has 0 bridgehead atoms. The number of nitrogens with one attached hydrogen (secondary N) is 5. The smallest absolute Gasteiger partial charge is 0.408 e. The lowest BCUT2D eigenvalue weighted by Gasteiger charge is -2.34. The molecule has 1 fully saturated rings. The van der Waals surface area contributed by atoms with Crippen LogP contribution in [0.1, 0.15) is 70.1 Å². The van der Waals surface area contributed by atoms with Crippen molar-refractivity contribution in [2.45, 2.75) is 109 Å². The fourth-order valence-corrected chi connectivity index (χ4v) is 6.94. The molecule has 4 amide bonds. The van der Waals surface area contributed by atoms with Crippen LogP contribution in [0.4, 0.5) is 4.79 Å². The van der Waals surface area contributed by atoms with Crippen LogP contribution >= 0.6 is 0 Å². The number of rotatable bonds is 20. The highest BCUT2D eigenvalue weighted by Crippen LogP contribution is 2.24. The largest absolute Gasteiger partial charge is 0.497 e. The van der Waals surface area contributed by atoms with Crippen LogP contribution in [-0.2, 0) is 38.7 Å². The number of carbonyl (C=O) groups is 4. The number of benzene rings is 3. The van der Waals surface area contributed by atoms with Crippen molar-refractivity contribution in [2.75, 3.05) is 13.7 Å². The predicted molar refractivity (Wildman–Crippen MR) is 218 cm³/mol. The summed E-state index contributed by atoms with van der Waals surface area (Å²) in [5.41, 5.74) is 2.37. The molecule has 310 valence electrons. The number of ether oxygens (including phenoxy) is 2. The second-order valence-electron chi connectivity index (χ2n) is 15.5. The quantitative estimate of drug-likeness (QED) is 0.0889. The molecule has 0 aliphatic heterocycles. The summed E-state index contributed by atoms with van der Waals surface area (Å²) in [5, 5.41) is 37.3. The number of hydrogen-bond donors (Lipinski definition) is 7. The molecule has 7 atom stereocenters. The van der Waals surface area contributed by atoms with Crippen LogP contribution in [0.25, 0.3) is 0 Å². The van der Waals surface area contributed by atoms with Gasteiger partial charge >= 0.3 is 6.09 Å². The Morgan fingerprint density at radius 3 is 1.88 bits per heavy atom. The van der Waals surface area contributed by atoms with Crippen molar-refractivity contribution in [3.63, 3.8) is 0 Å². The van der Waals surface area contributed by atoms with Crippen LogP contribution in [-0.4, -0.2) is 84.1 Å². The number of methoxy groups -OCH3 is 1. The first kappa shape index (κ1) is 44.7. The van der Waals surface area contributed by atoms with Crippen LogP contribution < -0.4 is 31.3 Å². The number of aliphatic hydroxyl groups excluding tert-OH is 2. The van der Waals surface area contributed by atoms with Gasteiger partial charge in [-0.3, -0.25) is 19.7 Å². The van der Waals surface area contributed by atoms with Gasteiger partial charge in [0.1, 0.15) is 30.5 Å². The molecule has 3 aromatic rings. The molecule has 3 aromatic carbocycles. The molecule has 1 aliphatic rings. The highest BCUT2D eigenvalue weighted by molar-refractivity contribution is 5.90. The zero-order valence-electron chi connectivity index (χ0n) is 33.8. The van der Waals surface area contributed by atoms with E-state index >= 15 is 0 Å². The molecular formula is C44H61N5O8. The van der Waals surface area contributed by atoms with Gasteiger partial charge in [-0.15, -0.1) is 0 Å². The fraction of sp³-hybridized carbons (Fsp3) is 0.500. The molecule has 0 spiro atoms. The summed E-state index contributed by atoms with van der Waals surface area (Å²) < 4.78 is 10.7. The van der Waals surface area contributed by atoms with Crippen LogP contribution in [0.3, 0.4) is 0 Å². The molecule has 0 saturated heterocycles. The van der Waals surface area contributed by atoms with Crippen molar-refractivity contribution in [2.24, 2.45) is 17.8 Å². The SMILES string of the molecule is COc1ccc(CN[C@@H](C(=O)N[C@H](C(=O)NCC2CCCCC2O)C(C)C)[C@H](O)[C@H](Cc2ccccc2)NC(=O)[C@@H](NC(=O)OCc2ccccc2)C(C)C)cc1. The number of hydrogen-bond acceptors (Lipinski definition) is 9. The van der Waals surface area contributed by atoms with E-state index in [1.807, 2.05) is 86.6 Å². The first-order valence-electron chi connectivity index (χ1n) is 20.0. The molecule has 4 rings (SSSR count). The maximum absolute atomic E-state index is 14.3. The van der Waals surface area contributed by atoms with Gasteiger partial charge in [-0.05, 0) is 59.9 Å². The third-order valence-corrected chi connectivity index (χ3v) is 10.4. The second kappa shape index (κ2) is 22.7. The molecule has 2 unspecified atom stereocenters. The summed E-state index contributed by atoms with van der Waals surface area (Å²) in [7, 11) is 1.57. The molecule has 13 heteroatoms. The minimum Gasteiger partial charge on any atom is -0.497 e. The molecule has 57 heavy (non-hydrogen) atoms. The Bertz CT molecular complexity index is 1690. The standard InChI is InChI=1S/C44H61N5O8/c1-28(2)37(41(52)46-26-33-18-12-13-19-36(33)50)48-43(54)39(45-25-31-20-22-34(56-5)23-21-31)40(51)35(24-30-14-8-6-9-15-30)47-42(53)38(29(3)4)49-44(55)57-27-32-16-10-7-11-17-32/h6-11,14-17,20-23,28-29,33,35-40,45,50-51H,12-13,18-19,24-27H2,1-5H3,(H,46,52)(H,47,53)(H,48,54)(H,49,55)/t33?,35-,36?,37-,38-,39+,40+/m0/s1. The van der Waals surface area contributed by atoms with Crippen LogP contribution in [0.5, 0.6) is 5.75 Å². The van der Waals surface area contributed by atoms with E-state index in [1.54, 1.807) is 33.1 Å². The van der Waals surface area contributed by atoms with E-state index in [9.17, 15) is 29.4 Å². The normalized spacial score (nSPS) is 18.1. The van der Waals surface area contributed by atoms with Crippen molar-refractivity contribution in [3.05, 3.63) is 102 Å². The Balaban J connectivity index is 1.57. The third kappa shape index (κ3) is 14.2. The van der Waals surface area contributed by atoms with Gasteiger partial charge in [-0.1, -0.05) is 113 Å². The average Bonchev–Trinajstić information content (AvgIpc) is 3.21. The average molecular weight is 788 g/mol. The minimum atomic E-state index is -1.52. The number of alkyl carbamates (subject to hydrolysis) is 1. The van der Waals surface area contributed by atoms with Gasteiger partial charge in [0.2, 0.25) is 17.7 Å². The zero-order valence-corrected chi connectivity index (χ0v) is 33.8.